The zero-order valence-electron chi connectivity index (χ0n) is 17.1. The molecule has 28 heavy (non-hydrogen) atoms. The van der Waals surface area contributed by atoms with Gasteiger partial charge in [-0.3, -0.25) is 0 Å². The average molecular weight is 381 g/mol. The van der Waals surface area contributed by atoms with Crippen molar-refractivity contribution in [1.29, 1.82) is 0 Å². The van der Waals surface area contributed by atoms with Crippen molar-refractivity contribution in [1.82, 2.24) is 0 Å². The maximum Gasteiger partial charge on any atom is 0.126 e. The van der Waals surface area contributed by atoms with E-state index in [-0.39, 0.29) is 0 Å². The van der Waals surface area contributed by atoms with Crippen LogP contribution in [0.25, 0.3) is 12.2 Å². The number of hydrogen-bond acceptors (Lipinski definition) is 4. The Morgan fingerprint density at radius 3 is 1.57 bits per heavy atom. The van der Waals surface area contributed by atoms with E-state index in [0.717, 1.165) is 48.3 Å². The van der Waals surface area contributed by atoms with Gasteiger partial charge >= 0.3 is 0 Å². The van der Waals surface area contributed by atoms with E-state index in [1.165, 1.54) is 25.7 Å². The van der Waals surface area contributed by atoms with Crippen molar-refractivity contribution in [3.63, 3.8) is 0 Å². The lowest BCUT2D eigenvalue weighted by Crippen LogP contribution is -1.88. The first-order chi connectivity index (χ1) is 13.8. The first kappa shape index (κ1) is 21.7. The minimum atomic E-state index is 0.847. The van der Waals surface area contributed by atoms with E-state index in [0.29, 0.717) is 0 Å². The molecule has 0 fully saturated rings. The molecule has 4 heteroatoms. The van der Waals surface area contributed by atoms with Crippen LogP contribution < -0.4 is 0 Å². The van der Waals surface area contributed by atoms with E-state index in [9.17, 15) is 0 Å². The topological polar surface area (TPSA) is 51.0 Å². The Bertz CT molecular complexity index is 684. The van der Waals surface area contributed by atoms with Crippen molar-refractivity contribution >= 4 is 24.6 Å². The van der Waals surface area contributed by atoms with E-state index >= 15 is 0 Å². The predicted octanol–water partition coefficient (Wildman–Crippen LogP) is 7.56. The average Bonchev–Trinajstić information content (AvgIpc) is 3.39. The zero-order chi connectivity index (χ0) is 19.9. The Hall–Kier alpha value is -2.62. The summed E-state index contributed by atoms with van der Waals surface area (Å²) in [7, 11) is 0. The number of nitrogens with zero attached hydrogens (tertiary/aromatic N) is 2. The van der Waals surface area contributed by atoms with Crippen molar-refractivity contribution < 1.29 is 8.83 Å². The highest BCUT2D eigenvalue weighted by Gasteiger charge is 1.99. The molecule has 0 radical (unpaired) electrons. The highest BCUT2D eigenvalue weighted by molar-refractivity contribution is 5.87. The minimum absolute atomic E-state index is 0.847. The summed E-state index contributed by atoms with van der Waals surface area (Å²) >= 11 is 0. The molecule has 0 aromatic carbocycles. The molecule has 2 aromatic heterocycles. The van der Waals surface area contributed by atoms with Gasteiger partial charge in [-0.05, 0) is 73.2 Å². The lowest BCUT2D eigenvalue weighted by Gasteiger charge is -2.01. The SMILES string of the molecule is CCCCCC(C=N/N=C/C(=Cc1ccco1)CCCCC)=Cc1ccco1. The van der Waals surface area contributed by atoms with Crippen LogP contribution in [0.2, 0.25) is 0 Å². The third-order valence-electron chi connectivity index (χ3n) is 4.39. The molecule has 2 heterocycles. The summed E-state index contributed by atoms with van der Waals surface area (Å²) in [5.74, 6) is 1.69. The highest BCUT2D eigenvalue weighted by atomic mass is 16.3. The van der Waals surface area contributed by atoms with Gasteiger partial charge in [-0.1, -0.05) is 39.5 Å². The molecule has 0 saturated carbocycles. The Morgan fingerprint density at radius 2 is 1.21 bits per heavy atom. The van der Waals surface area contributed by atoms with Gasteiger partial charge in [-0.15, -0.1) is 0 Å². The molecule has 0 aliphatic heterocycles. The number of furan rings is 2. The third kappa shape index (κ3) is 8.85. The molecule has 0 aliphatic rings. The van der Waals surface area contributed by atoms with Crippen LogP contribution in [0.3, 0.4) is 0 Å². The fourth-order valence-electron chi connectivity index (χ4n) is 2.83. The van der Waals surface area contributed by atoms with Crippen molar-refractivity contribution in [2.24, 2.45) is 10.2 Å². The maximum absolute atomic E-state index is 5.43. The summed E-state index contributed by atoms with van der Waals surface area (Å²) in [5.41, 5.74) is 2.26. The molecule has 4 nitrogen and oxygen atoms in total. The quantitative estimate of drug-likeness (QED) is 0.204. The molecule has 0 spiro atoms. The van der Waals surface area contributed by atoms with Gasteiger partial charge in [-0.25, -0.2) is 0 Å². The third-order valence-corrected chi connectivity index (χ3v) is 4.39. The maximum atomic E-state index is 5.43. The van der Waals surface area contributed by atoms with Gasteiger partial charge in [0.05, 0.1) is 25.0 Å². The van der Waals surface area contributed by atoms with E-state index in [1.807, 2.05) is 48.8 Å². The van der Waals surface area contributed by atoms with Crippen LogP contribution in [0, 0.1) is 0 Å². The molecule has 150 valence electrons. The van der Waals surface area contributed by atoms with Crippen LogP contribution in [0.4, 0.5) is 0 Å². The summed E-state index contributed by atoms with van der Waals surface area (Å²) in [6, 6.07) is 7.70. The van der Waals surface area contributed by atoms with Crippen LogP contribution in [-0.4, -0.2) is 12.4 Å². The van der Waals surface area contributed by atoms with E-state index in [2.05, 4.69) is 24.1 Å². The largest absolute Gasteiger partial charge is 0.465 e. The van der Waals surface area contributed by atoms with Crippen LogP contribution in [0.5, 0.6) is 0 Å². The normalized spacial score (nSPS) is 13.2. The second-order valence-electron chi connectivity index (χ2n) is 6.87. The smallest absolute Gasteiger partial charge is 0.126 e. The molecule has 0 saturated heterocycles. The molecule has 0 N–H and O–H groups in total. The van der Waals surface area contributed by atoms with Crippen LogP contribution in [-0.2, 0) is 0 Å². The van der Waals surface area contributed by atoms with E-state index in [1.54, 1.807) is 12.5 Å². The molecular weight excluding hydrogens is 348 g/mol. The number of allylic oxidation sites excluding steroid dienone is 2. The standard InChI is InChI=1S/C24H32N2O2/c1-3-5-7-11-21(17-23-13-9-15-27-23)19-25-26-20-22(12-8-6-4-2)18-24-14-10-16-28-24/h9-10,13-20H,3-8,11-12H2,1-2H3/b21-17?,22-18?,25-19+,26-20?. The molecule has 0 atom stereocenters. The lowest BCUT2D eigenvalue weighted by molar-refractivity contribution is 0.556. The lowest BCUT2D eigenvalue weighted by atomic mass is 10.1. The first-order valence-electron chi connectivity index (χ1n) is 10.4. The fourth-order valence-corrected chi connectivity index (χ4v) is 2.83. The summed E-state index contributed by atoms with van der Waals surface area (Å²) < 4.78 is 10.9. The van der Waals surface area contributed by atoms with Crippen molar-refractivity contribution in [2.45, 2.75) is 65.2 Å². The number of rotatable bonds is 13. The zero-order valence-corrected chi connectivity index (χ0v) is 17.1. The monoisotopic (exact) mass is 380 g/mol. The van der Waals surface area contributed by atoms with E-state index < -0.39 is 0 Å². The fraction of sp³-hybridized carbons (Fsp3) is 0.417. The molecule has 0 bridgehead atoms. The summed E-state index contributed by atoms with van der Waals surface area (Å²) in [5, 5.41) is 8.58. The molecule has 0 unspecified atom stereocenters. The number of hydrogen-bond donors (Lipinski definition) is 0. The first-order valence-corrected chi connectivity index (χ1v) is 10.4. The summed E-state index contributed by atoms with van der Waals surface area (Å²) in [4.78, 5) is 0. The molecule has 2 rings (SSSR count). The van der Waals surface area contributed by atoms with Gasteiger partial charge < -0.3 is 8.83 Å². The number of unbranched alkanes of at least 4 members (excludes halogenated alkanes) is 4. The van der Waals surface area contributed by atoms with Crippen molar-refractivity contribution in [2.75, 3.05) is 0 Å². The van der Waals surface area contributed by atoms with Crippen molar-refractivity contribution in [3.8, 4) is 0 Å². The summed E-state index contributed by atoms with van der Waals surface area (Å²) in [6.45, 7) is 4.42. The highest BCUT2D eigenvalue weighted by Crippen LogP contribution is 2.14. The van der Waals surface area contributed by atoms with Crippen LogP contribution >= 0.6 is 0 Å². The van der Waals surface area contributed by atoms with E-state index in [4.69, 9.17) is 8.83 Å². The summed E-state index contributed by atoms with van der Waals surface area (Å²) in [6.07, 6.45) is 20.2. The van der Waals surface area contributed by atoms with Gasteiger partial charge in [0, 0.05) is 0 Å². The van der Waals surface area contributed by atoms with Gasteiger partial charge in [-0.2, -0.15) is 10.2 Å². The van der Waals surface area contributed by atoms with Crippen LogP contribution in [0.15, 0.2) is 67.0 Å². The predicted molar refractivity (Wildman–Crippen MR) is 119 cm³/mol. The Morgan fingerprint density at radius 1 is 0.750 bits per heavy atom. The van der Waals surface area contributed by atoms with Gasteiger partial charge in [0.25, 0.3) is 0 Å². The van der Waals surface area contributed by atoms with Gasteiger partial charge in [0.15, 0.2) is 0 Å². The Labute approximate surface area is 168 Å². The van der Waals surface area contributed by atoms with Gasteiger partial charge in [0.1, 0.15) is 11.5 Å². The molecule has 0 amide bonds. The molecule has 0 aliphatic carbocycles. The second-order valence-corrected chi connectivity index (χ2v) is 6.87. The molecular formula is C24H32N2O2. The minimum Gasteiger partial charge on any atom is -0.465 e. The van der Waals surface area contributed by atoms with Crippen molar-refractivity contribution in [3.05, 3.63) is 59.5 Å². The molecule has 2 aromatic rings. The Kier molecular flexibility index (Phi) is 10.5. The second kappa shape index (κ2) is 13.5. The van der Waals surface area contributed by atoms with Crippen LogP contribution in [0.1, 0.15) is 76.7 Å². The Balaban J connectivity index is 2.03. The van der Waals surface area contributed by atoms with Gasteiger partial charge in [0.2, 0.25) is 0 Å².